The van der Waals surface area contributed by atoms with Crippen molar-refractivity contribution < 1.29 is 9.53 Å². The minimum atomic E-state index is -0.0246. The van der Waals surface area contributed by atoms with Gasteiger partial charge in [0.2, 0.25) is 5.91 Å². The van der Waals surface area contributed by atoms with E-state index in [9.17, 15) is 4.79 Å². The van der Waals surface area contributed by atoms with E-state index in [1.54, 1.807) is 19.1 Å². The number of benzene rings is 1. The summed E-state index contributed by atoms with van der Waals surface area (Å²) in [7, 11) is 3.38. The van der Waals surface area contributed by atoms with Crippen molar-refractivity contribution in [3.05, 3.63) is 24.3 Å². The van der Waals surface area contributed by atoms with Crippen LogP contribution in [-0.2, 0) is 4.79 Å². The fourth-order valence-corrected chi connectivity index (χ4v) is 1.90. The Balaban J connectivity index is 2.79. The molecule has 0 heterocycles. The van der Waals surface area contributed by atoms with Gasteiger partial charge in [-0.15, -0.1) is 0 Å². The minimum Gasteiger partial charge on any atom is -0.495 e. The first-order chi connectivity index (χ1) is 8.61. The zero-order valence-electron chi connectivity index (χ0n) is 11.3. The number of rotatable bonds is 6. The third-order valence-corrected chi connectivity index (χ3v) is 3.04. The second kappa shape index (κ2) is 7.01. The molecule has 18 heavy (non-hydrogen) atoms. The zero-order valence-corrected chi connectivity index (χ0v) is 11.3. The summed E-state index contributed by atoms with van der Waals surface area (Å²) in [4.78, 5) is 13.9. The molecule has 0 aliphatic heterocycles. The molecule has 2 N–H and O–H groups in total. The normalized spacial score (nSPS) is 12.0. The molecule has 0 aliphatic carbocycles. The lowest BCUT2D eigenvalue weighted by Crippen LogP contribution is -2.32. The average molecular weight is 250 g/mol. The van der Waals surface area contributed by atoms with Crippen LogP contribution in [0.5, 0.6) is 5.75 Å². The maximum Gasteiger partial charge on any atom is 0.229 e. The highest BCUT2D eigenvalue weighted by atomic mass is 16.5. The number of hydrogen-bond acceptors (Lipinski definition) is 3. The topological polar surface area (TPSA) is 55.6 Å². The Hall–Kier alpha value is -1.55. The van der Waals surface area contributed by atoms with Crippen LogP contribution in [0.2, 0.25) is 0 Å². The molecule has 0 aliphatic rings. The molecule has 4 heteroatoms. The van der Waals surface area contributed by atoms with Gasteiger partial charge >= 0.3 is 0 Å². The fraction of sp³-hybridized carbons (Fsp3) is 0.500. The Morgan fingerprint density at radius 3 is 2.72 bits per heavy atom. The van der Waals surface area contributed by atoms with Crippen LogP contribution in [0.3, 0.4) is 0 Å². The van der Waals surface area contributed by atoms with Crippen molar-refractivity contribution in [2.24, 2.45) is 11.7 Å². The maximum atomic E-state index is 12.2. The van der Waals surface area contributed by atoms with Crippen LogP contribution < -0.4 is 15.4 Å². The molecule has 0 fully saturated rings. The lowest BCUT2D eigenvalue weighted by molar-refractivity contribution is -0.121. The number of hydrogen-bond donors (Lipinski definition) is 1. The average Bonchev–Trinajstić information content (AvgIpc) is 2.42. The number of carbonyl (C=O) groups excluding carboxylic acids is 1. The van der Waals surface area contributed by atoms with Crippen molar-refractivity contribution in [2.45, 2.75) is 19.8 Å². The van der Waals surface area contributed by atoms with Crippen molar-refractivity contribution in [1.82, 2.24) is 0 Å². The van der Waals surface area contributed by atoms with Gasteiger partial charge in [0.1, 0.15) is 5.75 Å². The van der Waals surface area contributed by atoms with E-state index in [0.29, 0.717) is 12.3 Å². The fourth-order valence-electron chi connectivity index (χ4n) is 1.90. The van der Waals surface area contributed by atoms with Crippen LogP contribution in [0.4, 0.5) is 5.69 Å². The zero-order chi connectivity index (χ0) is 13.5. The number of amides is 1. The summed E-state index contributed by atoms with van der Waals surface area (Å²) < 4.78 is 5.26. The second-order valence-corrected chi connectivity index (χ2v) is 4.40. The summed E-state index contributed by atoms with van der Waals surface area (Å²) in [6.07, 6.45) is 1.68. The first-order valence-electron chi connectivity index (χ1n) is 6.22. The predicted molar refractivity (Wildman–Crippen MR) is 73.9 cm³/mol. The molecule has 4 nitrogen and oxygen atoms in total. The summed E-state index contributed by atoms with van der Waals surface area (Å²) in [5.41, 5.74) is 6.26. The van der Waals surface area contributed by atoms with Crippen molar-refractivity contribution >= 4 is 11.6 Å². The molecule has 1 aromatic rings. The van der Waals surface area contributed by atoms with Crippen LogP contribution in [0.25, 0.3) is 0 Å². The Kier molecular flexibility index (Phi) is 5.65. The number of nitrogens with zero attached hydrogens (tertiary/aromatic N) is 1. The highest BCUT2D eigenvalue weighted by molar-refractivity contribution is 5.95. The quantitative estimate of drug-likeness (QED) is 0.840. The van der Waals surface area contributed by atoms with E-state index in [2.05, 4.69) is 0 Å². The molecular formula is C14H22N2O2. The maximum absolute atomic E-state index is 12.2. The lowest BCUT2D eigenvalue weighted by Gasteiger charge is -2.23. The molecule has 0 bridgehead atoms. The molecule has 1 aromatic carbocycles. The van der Waals surface area contributed by atoms with E-state index in [4.69, 9.17) is 10.5 Å². The van der Waals surface area contributed by atoms with Gasteiger partial charge in [-0.25, -0.2) is 0 Å². The molecule has 0 saturated carbocycles. The monoisotopic (exact) mass is 250 g/mol. The first kappa shape index (κ1) is 14.5. The highest BCUT2D eigenvalue weighted by Gasteiger charge is 2.20. The van der Waals surface area contributed by atoms with E-state index in [1.807, 2.05) is 31.2 Å². The molecule has 1 rings (SSSR count). The largest absolute Gasteiger partial charge is 0.495 e. The van der Waals surface area contributed by atoms with Gasteiger partial charge in [0.25, 0.3) is 0 Å². The van der Waals surface area contributed by atoms with E-state index in [-0.39, 0.29) is 11.8 Å². The van der Waals surface area contributed by atoms with Crippen LogP contribution in [0.1, 0.15) is 19.8 Å². The molecule has 100 valence electrons. The number of ether oxygens (including phenoxy) is 1. The third-order valence-electron chi connectivity index (χ3n) is 3.04. The van der Waals surface area contributed by atoms with Crippen LogP contribution >= 0.6 is 0 Å². The summed E-state index contributed by atoms with van der Waals surface area (Å²) in [5.74, 6) is 0.774. The van der Waals surface area contributed by atoms with Gasteiger partial charge in [0.05, 0.1) is 12.8 Å². The van der Waals surface area contributed by atoms with Gasteiger partial charge < -0.3 is 15.4 Å². The molecule has 1 unspecified atom stereocenters. The summed E-state index contributed by atoms with van der Waals surface area (Å²) in [5, 5.41) is 0. The van der Waals surface area contributed by atoms with E-state index in [0.717, 1.165) is 18.5 Å². The Bertz CT molecular complexity index is 393. The molecule has 1 amide bonds. The Morgan fingerprint density at radius 2 is 2.11 bits per heavy atom. The highest BCUT2D eigenvalue weighted by Crippen LogP contribution is 2.28. The van der Waals surface area contributed by atoms with Crippen molar-refractivity contribution in [2.75, 3.05) is 25.6 Å². The standard InChI is InChI=1S/C14H22N2O2/c1-11(7-6-10-15)14(17)16(2)12-8-4-5-9-13(12)18-3/h4-5,8-9,11H,6-7,10,15H2,1-3H3. The summed E-state index contributed by atoms with van der Waals surface area (Å²) in [6.45, 7) is 2.56. The van der Waals surface area contributed by atoms with Crippen LogP contribution in [-0.4, -0.2) is 26.6 Å². The van der Waals surface area contributed by atoms with Crippen LogP contribution in [0, 0.1) is 5.92 Å². The second-order valence-electron chi connectivity index (χ2n) is 4.40. The number of para-hydroxylation sites is 2. The SMILES string of the molecule is COc1ccccc1N(C)C(=O)C(C)CCCN. The first-order valence-corrected chi connectivity index (χ1v) is 6.22. The molecule has 0 spiro atoms. The number of anilines is 1. The number of carbonyl (C=O) groups is 1. The Labute approximate surface area is 109 Å². The predicted octanol–water partition coefficient (Wildman–Crippen LogP) is 2.03. The third kappa shape index (κ3) is 3.47. The van der Waals surface area contributed by atoms with Crippen molar-refractivity contribution in [1.29, 1.82) is 0 Å². The van der Waals surface area contributed by atoms with Gasteiger partial charge in [0.15, 0.2) is 0 Å². The van der Waals surface area contributed by atoms with Gasteiger partial charge in [-0.3, -0.25) is 4.79 Å². The summed E-state index contributed by atoms with van der Waals surface area (Å²) >= 11 is 0. The van der Waals surface area contributed by atoms with E-state index >= 15 is 0 Å². The molecular weight excluding hydrogens is 228 g/mol. The van der Waals surface area contributed by atoms with Gasteiger partial charge in [-0.2, -0.15) is 0 Å². The van der Waals surface area contributed by atoms with Crippen molar-refractivity contribution in [3.8, 4) is 5.75 Å². The van der Waals surface area contributed by atoms with Crippen molar-refractivity contribution in [3.63, 3.8) is 0 Å². The molecule has 0 radical (unpaired) electrons. The van der Waals surface area contributed by atoms with Gasteiger partial charge in [-0.1, -0.05) is 19.1 Å². The lowest BCUT2D eigenvalue weighted by atomic mass is 10.0. The van der Waals surface area contributed by atoms with E-state index in [1.165, 1.54) is 0 Å². The number of methoxy groups -OCH3 is 1. The van der Waals surface area contributed by atoms with Gasteiger partial charge in [0, 0.05) is 13.0 Å². The minimum absolute atomic E-state index is 0.0246. The van der Waals surface area contributed by atoms with Crippen LogP contribution in [0.15, 0.2) is 24.3 Å². The number of nitrogens with two attached hydrogens (primary N) is 1. The van der Waals surface area contributed by atoms with E-state index < -0.39 is 0 Å². The van der Waals surface area contributed by atoms with Gasteiger partial charge in [-0.05, 0) is 31.5 Å². The molecule has 0 saturated heterocycles. The molecule has 0 aromatic heterocycles. The molecule has 1 atom stereocenters. The summed E-state index contributed by atoms with van der Waals surface area (Å²) in [6, 6.07) is 7.51. The smallest absolute Gasteiger partial charge is 0.229 e. The Morgan fingerprint density at radius 1 is 1.44 bits per heavy atom.